The van der Waals surface area contributed by atoms with Gasteiger partial charge in [0.05, 0.1) is 17.6 Å². The van der Waals surface area contributed by atoms with Crippen molar-refractivity contribution in [2.24, 2.45) is 0 Å². The average molecular weight is 444 g/mol. The quantitative estimate of drug-likeness (QED) is 0.388. The van der Waals surface area contributed by atoms with Gasteiger partial charge in [-0.25, -0.2) is 4.98 Å². The second-order valence-corrected chi connectivity index (χ2v) is 7.96. The number of aliphatic hydroxyl groups excluding tert-OH is 1. The van der Waals surface area contributed by atoms with Crippen LogP contribution in [0.1, 0.15) is 28.7 Å². The van der Waals surface area contributed by atoms with Gasteiger partial charge in [-0.2, -0.15) is 0 Å². The van der Waals surface area contributed by atoms with Crippen molar-refractivity contribution >= 4 is 16.9 Å². The predicted octanol–water partition coefficient (Wildman–Crippen LogP) is 4.01. The third-order valence-corrected chi connectivity index (χ3v) is 5.57. The third kappa shape index (κ3) is 5.79. The van der Waals surface area contributed by atoms with Crippen LogP contribution in [0.4, 0.5) is 0 Å². The average Bonchev–Trinajstić information content (AvgIpc) is 3.20. The molecule has 0 aliphatic rings. The van der Waals surface area contributed by atoms with Crippen LogP contribution in [0.15, 0.2) is 78.9 Å². The molecule has 1 amide bonds. The maximum atomic E-state index is 12.3. The number of carbonyl (C=O) groups is 1. The van der Waals surface area contributed by atoms with Crippen LogP contribution in [-0.2, 0) is 19.4 Å². The lowest BCUT2D eigenvalue weighted by Gasteiger charge is -2.16. The summed E-state index contributed by atoms with van der Waals surface area (Å²) in [6.07, 6.45) is 0.830. The highest BCUT2D eigenvalue weighted by atomic mass is 16.5. The van der Waals surface area contributed by atoms with Crippen LogP contribution in [0.25, 0.3) is 11.0 Å². The fourth-order valence-electron chi connectivity index (χ4n) is 3.78. The second-order valence-electron chi connectivity index (χ2n) is 7.96. The summed E-state index contributed by atoms with van der Waals surface area (Å²) in [5.41, 5.74) is 3.70. The van der Waals surface area contributed by atoms with Crippen LogP contribution >= 0.6 is 0 Å². The Bertz CT molecular complexity index is 1190. The number of aromatic nitrogens is 2. The number of aliphatic hydroxyl groups is 1. The molecular weight excluding hydrogens is 414 g/mol. The molecule has 170 valence electrons. The molecule has 1 heterocycles. The molecule has 6 nitrogen and oxygen atoms in total. The number of fused-ring (bicyclic) bond motifs is 1. The van der Waals surface area contributed by atoms with Crippen molar-refractivity contribution in [3.8, 4) is 5.75 Å². The first-order valence-corrected chi connectivity index (χ1v) is 11.3. The summed E-state index contributed by atoms with van der Waals surface area (Å²) < 4.78 is 7.80. The molecule has 0 saturated heterocycles. The van der Waals surface area contributed by atoms with Crippen LogP contribution in [0.3, 0.4) is 0 Å². The van der Waals surface area contributed by atoms with Gasteiger partial charge >= 0.3 is 0 Å². The van der Waals surface area contributed by atoms with E-state index in [2.05, 4.69) is 12.2 Å². The van der Waals surface area contributed by atoms with Crippen molar-refractivity contribution in [1.29, 1.82) is 0 Å². The van der Waals surface area contributed by atoms with Gasteiger partial charge in [0.2, 0.25) is 0 Å². The van der Waals surface area contributed by atoms with Crippen LogP contribution in [0, 0.1) is 0 Å². The molecule has 0 spiro atoms. The summed E-state index contributed by atoms with van der Waals surface area (Å²) >= 11 is 0. The monoisotopic (exact) mass is 443 g/mol. The number of nitrogens with one attached hydrogen (secondary N) is 1. The zero-order valence-corrected chi connectivity index (χ0v) is 18.8. The first-order valence-electron chi connectivity index (χ1n) is 11.3. The molecule has 3 aromatic carbocycles. The van der Waals surface area contributed by atoms with E-state index in [1.807, 2.05) is 71.3 Å². The number of benzene rings is 3. The summed E-state index contributed by atoms with van der Waals surface area (Å²) in [5.74, 6) is 1.45. The first-order chi connectivity index (χ1) is 16.1. The summed E-state index contributed by atoms with van der Waals surface area (Å²) in [5, 5.41) is 13.6. The maximum Gasteiger partial charge on any atom is 0.251 e. The number of ether oxygens (including phenoxy) is 1. The molecule has 0 saturated carbocycles. The molecule has 4 aromatic rings. The number of amides is 1. The van der Waals surface area contributed by atoms with Gasteiger partial charge in [0.15, 0.2) is 0 Å². The van der Waals surface area contributed by atoms with Gasteiger partial charge in [-0.3, -0.25) is 4.79 Å². The van der Waals surface area contributed by atoms with Crippen molar-refractivity contribution in [1.82, 2.24) is 14.9 Å². The summed E-state index contributed by atoms with van der Waals surface area (Å²) in [7, 11) is 0. The van der Waals surface area contributed by atoms with Gasteiger partial charge in [-0.1, -0.05) is 49.4 Å². The van der Waals surface area contributed by atoms with E-state index in [-0.39, 0.29) is 12.5 Å². The molecule has 1 aromatic heterocycles. The van der Waals surface area contributed by atoms with Crippen molar-refractivity contribution < 1.29 is 14.6 Å². The van der Waals surface area contributed by atoms with Crippen LogP contribution in [0.5, 0.6) is 5.75 Å². The second kappa shape index (κ2) is 10.8. The highest BCUT2D eigenvalue weighted by Gasteiger charge is 2.15. The number of hydrogen-bond acceptors (Lipinski definition) is 4. The zero-order chi connectivity index (χ0) is 23.0. The predicted molar refractivity (Wildman–Crippen MR) is 130 cm³/mol. The first kappa shape index (κ1) is 22.6. The zero-order valence-electron chi connectivity index (χ0n) is 18.8. The van der Waals surface area contributed by atoms with E-state index in [0.717, 1.165) is 29.0 Å². The number of imidazole rings is 1. The fraction of sp³-hybridized carbons (Fsp3) is 0.259. The van der Waals surface area contributed by atoms with E-state index >= 15 is 0 Å². The minimum Gasteiger partial charge on any atom is -0.491 e. The molecule has 2 N–H and O–H groups in total. The Hall–Kier alpha value is -3.64. The number of carbonyl (C=O) groups excluding carboxylic acids is 1. The van der Waals surface area contributed by atoms with E-state index in [0.29, 0.717) is 25.1 Å². The molecule has 33 heavy (non-hydrogen) atoms. The van der Waals surface area contributed by atoms with Gasteiger partial charge < -0.3 is 19.7 Å². The lowest BCUT2D eigenvalue weighted by molar-refractivity contribution is 0.0922. The highest BCUT2D eigenvalue weighted by molar-refractivity contribution is 5.94. The summed E-state index contributed by atoms with van der Waals surface area (Å²) in [6.45, 7) is 3.10. The normalized spacial score (nSPS) is 11.9. The molecule has 0 bridgehead atoms. The van der Waals surface area contributed by atoms with Crippen molar-refractivity contribution in [3.63, 3.8) is 0 Å². The summed E-state index contributed by atoms with van der Waals surface area (Å²) in [4.78, 5) is 17.1. The largest absolute Gasteiger partial charge is 0.491 e. The summed E-state index contributed by atoms with van der Waals surface area (Å²) in [6, 6.07) is 24.9. The number of hydrogen-bond donors (Lipinski definition) is 2. The molecule has 4 rings (SSSR count). The molecule has 0 aliphatic carbocycles. The van der Waals surface area contributed by atoms with Gasteiger partial charge in [0.25, 0.3) is 5.91 Å². The van der Waals surface area contributed by atoms with Crippen LogP contribution in [0.2, 0.25) is 0 Å². The topological polar surface area (TPSA) is 76.4 Å². The van der Waals surface area contributed by atoms with Gasteiger partial charge in [-0.15, -0.1) is 0 Å². The Labute approximate surface area is 193 Å². The molecule has 1 unspecified atom stereocenters. The smallest absolute Gasteiger partial charge is 0.251 e. The molecular formula is C27H29N3O3. The van der Waals surface area contributed by atoms with Crippen LogP contribution in [-0.4, -0.2) is 39.8 Å². The third-order valence-electron chi connectivity index (χ3n) is 5.57. The molecule has 0 aliphatic heterocycles. The Morgan fingerprint density at radius 2 is 1.76 bits per heavy atom. The van der Waals surface area contributed by atoms with Crippen molar-refractivity contribution in [2.75, 3.05) is 13.2 Å². The van der Waals surface area contributed by atoms with Gasteiger partial charge in [-0.05, 0) is 48.4 Å². The van der Waals surface area contributed by atoms with Gasteiger partial charge in [0, 0.05) is 18.5 Å². The highest BCUT2D eigenvalue weighted by Crippen LogP contribution is 2.18. The fourth-order valence-corrected chi connectivity index (χ4v) is 3.78. The minimum absolute atomic E-state index is 0.110. The van der Waals surface area contributed by atoms with E-state index in [1.165, 1.54) is 5.56 Å². The SMILES string of the molecule is CCc1ccc(OCC(O)Cn2c(CCNC(=O)c3ccccc3)nc3ccccc32)cc1. The Kier molecular flexibility index (Phi) is 7.37. The Morgan fingerprint density at radius 3 is 2.52 bits per heavy atom. The van der Waals surface area contributed by atoms with Crippen LogP contribution < -0.4 is 10.1 Å². The van der Waals surface area contributed by atoms with E-state index in [9.17, 15) is 9.90 Å². The number of para-hydroxylation sites is 2. The number of aryl methyl sites for hydroxylation is 1. The maximum absolute atomic E-state index is 12.3. The van der Waals surface area contributed by atoms with E-state index < -0.39 is 6.10 Å². The lowest BCUT2D eigenvalue weighted by Crippen LogP contribution is -2.28. The minimum atomic E-state index is -0.703. The molecule has 0 radical (unpaired) electrons. The number of rotatable bonds is 10. The Balaban J connectivity index is 1.40. The number of nitrogens with zero attached hydrogens (tertiary/aromatic N) is 2. The molecule has 6 heteroatoms. The van der Waals surface area contributed by atoms with Gasteiger partial charge in [0.1, 0.15) is 24.3 Å². The molecule has 0 fully saturated rings. The standard InChI is InChI=1S/C27H29N3O3/c1-2-20-12-14-23(15-13-20)33-19-22(31)18-30-25-11-7-6-10-24(25)29-26(30)16-17-28-27(32)21-8-4-3-5-9-21/h3-15,22,31H,2,16-19H2,1H3,(H,28,32). The lowest BCUT2D eigenvalue weighted by atomic mass is 10.2. The van der Waals surface area contributed by atoms with E-state index in [1.54, 1.807) is 12.1 Å². The van der Waals surface area contributed by atoms with E-state index in [4.69, 9.17) is 9.72 Å². The molecule has 1 atom stereocenters. The Morgan fingerprint density at radius 1 is 1.03 bits per heavy atom. The van der Waals surface area contributed by atoms with Crippen molar-refractivity contribution in [3.05, 3.63) is 95.8 Å². The van der Waals surface area contributed by atoms with Crippen molar-refractivity contribution in [2.45, 2.75) is 32.4 Å².